The van der Waals surface area contributed by atoms with Crippen molar-refractivity contribution >= 4 is 11.8 Å². The van der Waals surface area contributed by atoms with Gasteiger partial charge in [-0.15, -0.1) is 6.58 Å². The number of esters is 1. The van der Waals surface area contributed by atoms with Crippen molar-refractivity contribution in [3.05, 3.63) is 12.7 Å². The van der Waals surface area contributed by atoms with Gasteiger partial charge in [0.15, 0.2) is 0 Å². The highest BCUT2D eigenvalue weighted by Gasteiger charge is 2.27. The Bertz CT molecular complexity index is 261. The Labute approximate surface area is 97.9 Å². The van der Waals surface area contributed by atoms with Gasteiger partial charge >= 0.3 is 5.97 Å². The molecule has 0 aromatic carbocycles. The largest absolute Gasteiger partial charge is 0.459 e. The first kappa shape index (κ1) is 14.9. The molecule has 0 aromatic rings. The lowest BCUT2D eigenvalue weighted by Gasteiger charge is -2.22. The standard InChI is InChI=1S/C13H22O3/c1-6-7-8-9-11(10(2)14)12(15)16-13(3,4)5/h6,11H,1,7-9H2,2-5H3. The molecular formula is C13H22O3. The second kappa shape index (κ2) is 6.46. The van der Waals surface area contributed by atoms with E-state index in [1.54, 1.807) is 26.8 Å². The molecule has 0 aliphatic rings. The highest BCUT2D eigenvalue weighted by Crippen LogP contribution is 2.17. The maximum absolute atomic E-state index is 11.7. The number of ketones is 1. The fraction of sp³-hybridized carbons (Fsp3) is 0.692. The molecule has 3 heteroatoms. The quantitative estimate of drug-likeness (QED) is 0.303. The van der Waals surface area contributed by atoms with Crippen molar-refractivity contribution in [3.63, 3.8) is 0 Å². The highest BCUT2D eigenvalue weighted by molar-refractivity contribution is 5.97. The molecule has 0 heterocycles. The minimum absolute atomic E-state index is 0.127. The van der Waals surface area contributed by atoms with Gasteiger partial charge in [0.25, 0.3) is 0 Å². The summed E-state index contributed by atoms with van der Waals surface area (Å²) in [4.78, 5) is 23.1. The maximum atomic E-state index is 11.7. The van der Waals surface area contributed by atoms with Crippen LogP contribution in [0.4, 0.5) is 0 Å². The summed E-state index contributed by atoms with van der Waals surface area (Å²) in [5.41, 5.74) is -0.538. The Morgan fingerprint density at radius 1 is 1.38 bits per heavy atom. The Kier molecular flexibility index (Phi) is 6.01. The Morgan fingerprint density at radius 3 is 2.31 bits per heavy atom. The van der Waals surface area contributed by atoms with Crippen LogP contribution in [0.2, 0.25) is 0 Å². The molecular weight excluding hydrogens is 204 g/mol. The molecule has 16 heavy (non-hydrogen) atoms. The van der Waals surface area contributed by atoms with Crippen LogP contribution in [0.15, 0.2) is 12.7 Å². The number of allylic oxidation sites excluding steroid dienone is 1. The van der Waals surface area contributed by atoms with Crippen molar-refractivity contribution < 1.29 is 14.3 Å². The van der Waals surface area contributed by atoms with Crippen LogP contribution in [0.3, 0.4) is 0 Å². The Hall–Kier alpha value is -1.12. The first-order valence-corrected chi connectivity index (χ1v) is 5.62. The SMILES string of the molecule is C=CCCCC(C(C)=O)C(=O)OC(C)(C)C. The van der Waals surface area contributed by atoms with Gasteiger partial charge in [-0.1, -0.05) is 6.08 Å². The van der Waals surface area contributed by atoms with E-state index in [2.05, 4.69) is 6.58 Å². The average molecular weight is 226 g/mol. The molecule has 3 nitrogen and oxygen atoms in total. The number of ether oxygens (including phenoxy) is 1. The first-order chi connectivity index (χ1) is 7.28. The van der Waals surface area contributed by atoms with Crippen molar-refractivity contribution in [1.82, 2.24) is 0 Å². The molecule has 1 unspecified atom stereocenters. The zero-order chi connectivity index (χ0) is 12.8. The van der Waals surface area contributed by atoms with Crippen LogP contribution >= 0.6 is 0 Å². The molecule has 0 fully saturated rings. The molecule has 0 aliphatic heterocycles. The van der Waals surface area contributed by atoms with Gasteiger partial charge in [-0.3, -0.25) is 9.59 Å². The lowest BCUT2D eigenvalue weighted by Crippen LogP contribution is -2.31. The predicted molar refractivity (Wildman–Crippen MR) is 64.1 cm³/mol. The molecule has 92 valence electrons. The van der Waals surface area contributed by atoms with Crippen LogP contribution < -0.4 is 0 Å². The number of carbonyl (C=O) groups excluding carboxylic acids is 2. The monoisotopic (exact) mass is 226 g/mol. The number of Topliss-reactive ketones (excluding diaryl/α,β-unsaturated/α-hetero) is 1. The molecule has 0 radical (unpaired) electrons. The summed E-state index contributed by atoms with van der Waals surface area (Å²) in [7, 11) is 0. The van der Waals surface area contributed by atoms with Crippen molar-refractivity contribution in [3.8, 4) is 0 Å². The molecule has 1 atom stereocenters. The van der Waals surface area contributed by atoms with E-state index in [4.69, 9.17) is 4.74 Å². The lowest BCUT2D eigenvalue weighted by atomic mass is 9.98. The number of hydrogen-bond donors (Lipinski definition) is 0. The number of unbranched alkanes of at least 4 members (excludes halogenated alkanes) is 1. The van der Waals surface area contributed by atoms with Crippen LogP contribution in [0.1, 0.15) is 47.0 Å². The van der Waals surface area contributed by atoms with E-state index >= 15 is 0 Å². The molecule has 0 rings (SSSR count). The first-order valence-electron chi connectivity index (χ1n) is 5.62. The summed E-state index contributed by atoms with van der Waals surface area (Å²) in [6.45, 7) is 10.4. The van der Waals surface area contributed by atoms with Gasteiger partial charge in [0.1, 0.15) is 17.3 Å². The third-order valence-electron chi connectivity index (χ3n) is 2.08. The topological polar surface area (TPSA) is 43.4 Å². The number of carbonyl (C=O) groups is 2. The van der Waals surface area contributed by atoms with Gasteiger partial charge in [0.05, 0.1) is 0 Å². The fourth-order valence-electron chi connectivity index (χ4n) is 1.33. The van der Waals surface area contributed by atoms with Crippen LogP contribution in [-0.2, 0) is 14.3 Å². The summed E-state index contributed by atoms with van der Waals surface area (Å²) >= 11 is 0. The second-order valence-corrected chi connectivity index (χ2v) is 4.92. The average Bonchev–Trinajstić information content (AvgIpc) is 2.08. The van der Waals surface area contributed by atoms with Gasteiger partial charge < -0.3 is 4.74 Å². The Morgan fingerprint density at radius 2 is 1.94 bits per heavy atom. The van der Waals surface area contributed by atoms with Crippen LogP contribution in [0, 0.1) is 5.92 Å². The molecule has 0 spiro atoms. The molecule has 0 saturated carbocycles. The molecule has 0 bridgehead atoms. The van der Waals surface area contributed by atoms with E-state index in [0.717, 1.165) is 12.8 Å². The summed E-state index contributed by atoms with van der Waals surface area (Å²) < 4.78 is 5.21. The predicted octanol–water partition coefficient (Wildman–Crippen LogP) is 2.89. The normalized spacial score (nSPS) is 13.0. The smallest absolute Gasteiger partial charge is 0.316 e. The Balaban J connectivity index is 4.36. The molecule has 0 N–H and O–H groups in total. The van der Waals surface area contributed by atoms with E-state index in [9.17, 15) is 9.59 Å². The van der Waals surface area contributed by atoms with E-state index in [-0.39, 0.29) is 5.78 Å². The molecule has 0 amide bonds. The van der Waals surface area contributed by atoms with Gasteiger partial charge in [-0.25, -0.2) is 0 Å². The van der Waals surface area contributed by atoms with Crippen molar-refractivity contribution in [2.24, 2.45) is 5.92 Å². The van der Waals surface area contributed by atoms with Crippen molar-refractivity contribution in [2.75, 3.05) is 0 Å². The molecule has 0 saturated heterocycles. The van der Waals surface area contributed by atoms with Crippen LogP contribution in [-0.4, -0.2) is 17.4 Å². The van der Waals surface area contributed by atoms with E-state index < -0.39 is 17.5 Å². The van der Waals surface area contributed by atoms with E-state index in [0.29, 0.717) is 6.42 Å². The zero-order valence-electron chi connectivity index (χ0n) is 10.7. The summed E-state index contributed by atoms with van der Waals surface area (Å²) in [6.07, 6.45) is 3.92. The van der Waals surface area contributed by atoms with Gasteiger partial charge in [-0.2, -0.15) is 0 Å². The van der Waals surface area contributed by atoms with Gasteiger partial charge in [0, 0.05) is 0 Å². The summed E-state index contributed by atoms with van der Waals surface area (Å²) in [5.74, 6) is -1.17. The summed E-state index contributed by atoms with van der Waals surface area (Å²) in [6, 6.07) is 0. The molecule has 0 aliphatic carbocycles. The number of rotatable bonds is 6. The van der Waals surface area contributed by atoms with Crippen molar-refractivity contribution in [2.45, 2.75) is 52.6 Å². The van der Waals surface area contributed by atoms with Crippen LogP contribution in [0.5, 0.6) is 0 Å². The van der Waals surface area contributed by atoms with Crippen molar-refractivity contribution in [1.29, 1.82) is 0 Å². The second-order valence-electron chi connectivity index (χ2n) is 4.92. The third-order valence-corrected chi connectivity index (χ3v) is 2.08. The lowest BCUT2D eigenvalue weighted by molar-refractivity contribution is -0.162. The minimum atomic E-state index is -0.626. The van der Waals surface area contributed by atoms with Gasteiger partial charge in [0.2, 0.25) is 0 Å². The fourth-order valence-corrected chi connectivity index (χ4v) is 1.33. The number of hydrogen-bond acceptors (Lipinski definition) is 3. The van der Waals surface area contributed by atoms with E-state index in [1.165, 1.54) is 6.92 Å². The highest BCUT2D eigenvalue weighted by atomic mass is 16.6. The minimum Gasteiger partial charge on any atom is -0.459 e. The zero-order valence-corrected chi connectivity index (χ0v) is 10.7. The maximum Gasteiger partial charge on any atom is 0.316 e. The summed E-state index contributed by atoms with van der Waals surface area (Å²) in [5, 5.41) is 0. The third kappa shape index (κ3) is 6.38. The van der Waals surface area contributed by atoms with Crippen LogP contribution in [0.25, 0.3) is 0 Å². The molecule has 0 aromatic heterocycles. The van der Waals surface area contributed by atoms with E-state index in [1.807, 2.05) is 0 Å². The van der Waals surface area contributed by atoms with Gasteiger partial charge in [-0.05, 0) is 47.0 Å².